The molecule has 0 aromatic carbocycles. The minimum Gasteiger partial charge on any atom is -0.466 e. The Kier molecular flexibility index (Phi) is 11.9. The lowest BCUT2D eigenvalue weighted by atomic mass is 10.3. The van der Waals surface area contributed by atoms with Crippen LogP contribution in [0.3, 0.4) is 0 Å². The third kappa shape index (κ3) is 11.4. The first-order chi connectivity index (χ1) is 7.81. The van der Waals surface area contributed by atoms with E-state index in [1.54, 1.807) is 7.11 Å². The molecule has 5 heteroatoms. The molecule has 0 saturated heterocycles. The van der Waals surface area contributed by atoms with E-state index in [9.17, 15) is 4.79 Å². The molecule has 0 spiro atoms. The predicted molar refractivity (Wildman–Crippen MR) is 61.4 cm³/mol. The van der Waals surface area contributed by atoms with Gasteiger partial charge in [-0.25, -0.2) is 0 Å². The molecular formula is C11H23NO4. The normalized spacial score (nSPS) is 10.4. The van der Waals surface area contributed by atoms with Gasteiger partial charge in [-0.05, 0) is 20.0 Å². The summed E-state index contributed by atoms with van der Waals surface area (Å²) < 4.78 is 15.1. The van der Waals surface area contributed by atoms with Crippen LogP contribution in [-0.4, -0.2) is 53.1 Å². The highest BCUT2D eigenvalue weighted by Gasteiger charge is 2.01. The summed E-state index contributed by atoms with van der Waals surface area (Å²) in [5.74, 6) is -0.132. The maximum atomic E-state index is 11.1. The molecule has 0 aliphatic carbocycles. The number of hydrogen-bond acceptors (Lipinski definition) is 5. The van der Waals surface area contributed by atoms with Gasteiger partial charge >= 0.3 is 5.97 Å². The van der Waals surface area contributed by atoms with E-state index < -0.39 is 0 Å². The van der Waals surface area contributed by atoms with Gasteiger partial charge in [0, 0.05) is 26.6 Å². The van der Waals surface area contributed by atoms with Gasteiger partial charge in [-0.15, -0.1) is 0 Å². The van der Waals surface area contributed by atoms with Crippen LogP contribution in [0.2, 0.25) is 0 Å². The third-order valence-corrected chi connectivity index (χ3v) is 1.94. The highest BCUT2D eigenvalue weighted by Crippen LogP contribution is 1.93. The van der Waals surface area contributed by atoms with Gasteiger partial charge in [-0.3, -0.25) is 4.79 Å². The molecule has 0 heterocycles. The molecule has 0 atom stereocenters. The van der Waals surface area contributed by atoms with E-state index in [1.807, 2.05) is 7.05 Å². The predicted octanol–water partition coefficient (Wildman–Crippen LogP) is 0.582. The van der Waals surface area contributed by atoms with Crippen molar-refractivity contribution in [1.29, 1.82) is 0 Å². The zero-order chi connectivity index (χ0) is 12.1. The van der Waals surface area contributed by atoms with Crippen LogP contribution in [0.25, 0.3) is 0 Å². The van der Waals surface area contributed by atoms with Crippen LogP contribution < -0.4 is 5.32 Å². The number of hydrogen-bond donors (Lipinski definition) is 1. The molecule has 96 valence electrons. The van der Waals surface area contributed by atoms with Gasteiger partial charge in [-0.2, -0.15) is 0 Å². The Balaban J connectivity index is 3.09. The molecule has 0 fully saturated rings. The molecule has 0 bridgehead atoms. The standard InChI is InChI=1S/C11H23NO4/c1-12-6-3-5-11(13)16-8-4-7-15-10-9-14-2/h12H,3-10H2,1-2H3. The summed E-state index contributed by atoms with van der Waals surface area (Å²) in [5, 5.41) is 2.98. The minimum absolute atomic E-state index is 0.132. The molecule has 1 N–H and O–H groups in total. The molecule has 16 heavy (non-hydrogen) atoms. The van der Waals surface area contributed by atoms with Crippen molar-refractivity contribution >= 4 is 5.97 Å². The van der Waals surface area contributed by atoms with E-state index in [4.69, 9.17) is 14.2 Å². The Morgan fingerprint density at radius 2 is 1.94 bits per heavy atom. The molecular weight excluding hydrogens is 210 g/mol. The smallest absolute Gasteiger partial charge is 0.305 e. The van der Waals surface area contributed by atoms with E-state index >= 15 is 0 Å². The summed E-state index contributed by atoms with van der Waals surface area (Å²) in [6.07, 6.45) is 2.03. The number of carbonyl (C=O) groups is 1. The first-order valence-electron chi connectivity index (χ1n) is 5.68. The van der Waals surface area contributed by atoms with Crippen molar-refractivity contribution in [2.24, 2.45) is 0 Å². The van der Waals surface area contributed by atoms with Crippen LogP contribution in [-0.2, 0) is 19.0 Å². The number of ether oxygens (including phenoxy) is 3. The summed E-state index contributed by atoms with van der Waals surface area (Å²) in [5.41, 5.74) is 0. The Morgan fingerprint density at radius 1 is 1.12 bits per heavy atom. The van der Waals surface area contributed by atoms with Crippen LogP contribution in [0.4, 0.5) is 0 Å². The van der Waals surface area contributed by atoms with Gasteiger partial charge in [0.25, 0.3) is 0 Å². The third-order valence-electron chi connectivity index (χ3n) is 1.94. The Bertz CT molecular complexity index is 164. The molecule has 0 unspecified atom stereocenters. The van der Waals surface area contributed by atoms with Crippen molar-refractivity contribution in [2.75, 3.05) is 47.1 Å². The number of carbonyl (C=O) groups excluding carboxylic acids is 1. The van der Waals surface area contributed by atoms with Crippen LogP contribution in [0, 0.1) is 0 Å². The summed E-state index contributed by atoms with van der Waals surface area (Å²) in [6, 6.07) is 0. The second-order valence-corrected chi connectivity index (χ2v) is 3.39. The molecule has 0 amide bonds. The van der Waals surface area contributed by atoms with Gasteiger partial charge < -0.3 is 19.5 Å². The first-order valence-corrected chi connectivity index (χ1v) is 5.68. The maximum Gasteiger partial charge on any atom is 0.305 e. The fourth-order valence-corrected chi connectivity index (χ4v) is 1.07. The minimum atomic E-state index is -0.132. The van der Waals surface area contributed by atoms with Crippen molar-refractivity contribution in [2.45, 2.75) is 19.3 Å². The summed E-state index contributed by atoms with van der Waals surface area (Å²) in [6.45, 7) is 3.07. The lowest BCUT2D eigenvalue weighted by molar-refractivity contribution is -0.144. The molecule has 0 aliphatic heterocycles. The van der Waals surface area contributed by atoms with Crippen LogP contribution in [0.15, 0.2) is 0 Å². The largest absolute Gasteiger partial charge is 0.466 e. The van der Waals surface area contributed by atoms with Crippen molar-refractivity contribution in [3.8, 4) is 0 Å². The summed E-state index contributed by atoms with van der Waals surface area (Å²) in [7, 11) is 3.50. The molecule has 0 rings (SSSR count). The van der Waals surface area contributed by atoms with E-state index in [0.29, 0.717) is 32.8 Å². The van der Waals surface area contributed by atoms with Crippen molar-refractivity contribution in [1.82, 2.24) is 5.32 Å². The molecule has 5 nitrogen and oxygen atoms in total. The van der Waals surface area contributed by atoms with Crippen LogP contribution in [0.5, 0.6) is 0 Å². The first kappa shape index (κ1) is 15.3. The zero-order valence-electron chi connectivity index (χ0n) is 10.3. The highest BCUT2D eigenvalue weighted by molar-refractivity contribution is 5.69. The summed E-state index contributed by atoms with van der Waals surface area (Å²) in [4.78, 5) is 11.1. The Morgan fingerprint density at radius 3 is 2.62 bits per heavy atom. The zero-order valence-corrected chi connectivity index (χ0v) is 10.3. The topological polar surface area (TPSA) is 56.8 Å². The monoisotopic (exact) mass is 233 g/mol. The van der Waals surface area contributed by atoms with Gasteiger partial charge in [-0.1, -0.05) is 0 Å². The number of esters is 1. The van der Waals surface area contributed by atoms with Crippen molar-refractivity contribution in [3.05, 3.63) is 0 Å². The average Bonchev–Trinajstić information content (AvgIpc) is 2.28. The Hall–Kier alpha value is -0.650. The average molecular weight is 233 g/mol. The van der Waals surface area contributed by atoms with Crippen molar-refractivity contribution < 1.29 is 19.0 Å². The summed E-state index contributed by atoms with van der Waals surface area (Å²) >= 11 is 0. The molecule has 0 radical (unpaired) electrons. The van der Waals surface area contributed by atoms with E-state index in [0.717, 1.165) is 19.4 Å². The van der Waals surface area contributed by atoms with Gasteiger partial charge in [0.1, 0.15) is 0 Å². The number of nitrogens with one attached hydrogen (secondary N) is 1. The lowest BCUT2D eigenvalue weighted by Gasteiger charge is -2.05. The van der Waals surface area contributed by atoms with E-state index in [2.05, 4.69) is 5.32 Å². The van der Waals surface area contributed by atoms with Gasteiger partial charge in [0.15, 0.2) is 0 Å². The molecule has 0 saturated carbocycles. The highest BCUT2D eigenvalue weighted by atomic mass is 16.5. The fraction of sp³-hybridized carbons (Fsp3) is 0.909. The van der Waals surface area contributed by atoms with Crippen molar-refractivity contribution in [3.63, 3.8) is 0 Å². The second kappa shape index (κ2) is 12.4. The van der Waals surface area contributed by atoms with Crippen LogP contribution in [0.1, 0.15) is 19.3 Å². The number of methoxy groups -OCH3 is 1. The molecule has 0 aromatic rings. The number of rotatable bonds is 11. The Labute approximate surface area is 97.4 Å². The van der Waals surface area contributed by atoms with Gasteiger partial charge in [0.05, 0.1) is 19.8 Å². The SMILES string of the molecule is CNCCCC(=O)OCCCOCCOC. The maximum absolute atomic E-state index is 11.1. The molecule has 0 aliphatic rings. The second-order valence-electron chi connectivity index (χ2n) is 3.39. The lowest BCUT2D eigenvalue weighted by Crippen LogP contribution is -2.13. The van der Waals surface area contributed by atoms with Gasteiger partial charge in [0.2, 0.25) is 0 Å². The van der Waals surface area contributed by atoms with E-state index in [-0.39, 0.29) is 5.97 Å². The van der Waals surface area contributed by atoms with Crippen LogP contribution >= 0.6 is 0 Å². The molecule has 0 aromatic heterocycles. The fourth-order valence-electron chi connectivity index (χ4n) is 1.07. The van der Waals surface area contributed by atoms with E-state index in [1.165, 1.54) is 0 Å². The quantitative estimate of drug-likeness (QED) is 0.418.